The average molecular weight is 252 g/mol. The van der Waals surface area contributed by atoms with Gasteiger partial charge in [0.2, 0.25) is 0 Å². The largest absolute Gasteiger partial charge is 0.299 e. The van der Waals surface area contributed by atoms with E-state index in [0.717, 1.165) is 5.56 Å². The Balaban J connectivity index is 2.12. The second-order valence-electron chi connectivity index (χ2n) is 5.19. The van der Waals surface area contributed by atoms with Crippen LogP contribution in [0.3, 0.4) is 0 Å². The minimum absolute atomic E-state index is 0.284. The van der Waals surface area contributed by atoms with Crippen molar-refractivity contribution in [2.75, 3.05) is 0 Å². The Morgan fingerprint density at radius 1 is 0.789 bits per heavy atom. The number of hydrogen-bond donors (Lipinski definition) is 0. The molecular formula is C18H20O. The van der Waals surface area contributed by atoms with E-state index in [1.165, 1.54) is 22.3 Å². The van der Waals surface area contributed by atoms with Crippen molar-refractivity contribution < 1.29 is 4.79 Å². The first-order valence-electron chi connectivity index (χ1n) is 6.69. The predicted octanol–water partition coefficient (Wildman–Crippen LogP) is 3.97. The van der Waals surface area contributed by atoms with Crippen molar-refractivity contribution in [3.8, 4) is 0 Å². The van der Waals surface area contributed by atoms with Gasteiger partial charge in [-0.05, 0) is 48.6 Å². The zero-order valence-corrected chi connectivity index (χ0v) is 11.9. The van der Waals surface area contributed by atoms with E-state index in [4.69, 9.17) is 0 Å². The fourth-order valence-electron chi connectivity index (χ4n) is 2.41. The summed E-state index contributed by atoms with van der Waals surface area (Å²) in [5.74, 6) is 0.284. The number of carbonyl (C=O) groups excluding carboxylic acids is 1. The molecule has 0 aliphatic carbocycles. The van der Waals surface area contributed by atoms with Gasteiger partial charge in [-0.3, -0.25) is 4.79 Å². The van der Waals surface area contributed by atoms with Crippen molar-refractivity contribution in [1.29, 1.82) is 0 Å². The predicted molar refractivity (Wildman–Crippen MR) is 79.5 cm³/mol. The number of rotatable bonds is 4. The van der Waals surface area contributed by atoms with Crippen molar-refractivity contribution in [1.82, 2.24) is 0 Å². The Morgan fingerprint density at radius 2 is 1.37 bits per heavy atom. The highest BCUT2D eigenvalue weighted by Gasteiger charge is 2.10. The molecule has 0 saturated carbocycles. The lowest BCUT2D eigenvalue weighted by atomic mass is 9.95. The van der Waals surface area contributed by atoms with Crippen LogP contribution in [0.4, 0.5) is 0 Å². The summed E-state index contributed by atoms with van der Waals surface area (Å²) in [6, 6.07) is 14.3. The molecule has 0 heterocycles. The third-order valence-electron chi connectivity index (χ3n) is 3.67. The first-order valence-corrected chi connectivity index (χ1v) is 6.69. The van der Waals surface area contributed by atoms with Gasteiger partial charge in [-0.1, -0.05) is 42.5 Å². The molecule has 2 rings (SSSR count). The lowest BCUT2D eigenvalue weighted by Gasteiger charge is -2.10. The molecule has 2 aromatic rings. The molecule has 0 aliphatic heterocycles. The first-order chi connectivity index (χ1) is 9.08. The molecule has 2 aromatic carbocycles. The molecule has 0 spiro atoms. The van der Waals surface area contributed by atoms with Gasteiger partial charge in [0.25, 0.3) is 0 Å². The molecule has 0 fully saturated rings. The van der Waals surface area contributed by atoms with E-state index in [9.17, 15) is 4.79 Å². The van der Waals surface area contributed by atoms with Gasteiger partial charge in [0.15, 0.2) is 0 Å². The number of hydrogen-bond acceptors (Lipinski definition) is 1. The number of ketones is 1. The highest BCUT2D eigenvalue weighted by Crippen LogP contribution is 2.16. The van der Waals surface area contributed by atoms with Gasteiger partial charge in [-0.25, -0.2) is 0 Å². The zero-order chi connectivity index (χ0) is 13.8. The van der Waals surface area contributed by atoms with Crippen molar-refractivity contribution >= 4 is 5.78 Å². The summed E-state index contributed by atoms with van der Waals surface area (Å²) in [4.78, 5) is 12.2. The van der Waals surface area contributed by atoms with Crippen LogP contribution in [0.1, 0.15) is 27.8 Å². The Kier molecular flexibility index (Phi) is 4.16. The van der Waals surface area contributed by atoms with Crippen LogP contribution in [-0.2, 0) is 17.6 Å². The minimum atomic E-state index is 0.284. The van der Waals surface area contributed by atoms with E-state index >= 15 is 0 Å². The Labute approximate surface area is 115 Å². The van der Waals surface area contributed by atoms with Crippen LogP contribution in [0.25, 0.3) is 0 Å². The van der Waals surface area contributed by atoms with E-state index in [1.54, 1.807) is 0 Å². The van der Waals surface area contributed by atoms with Crippen LogP contribution < -0.4 is 0 Å². The van der Waals surface area contributed by atoms with Crippen molar-refractivity contribution in [3.63, 3.8) is 0 Å². The molecule has 98 valence electrons. The molecule has 0 amide bonds. The van der Waals surface area contributed by atoms with Crippen LogP contribution in [0.15, 0.2) is 42.5 Å². The smallest absolute Gasteiger partial charge is 0.141 e. The monoisotopic (exact) mass is 252 g/mol. The second kappa shape index (κ2) is 5.83. The summed E-state index contributed by atoms with van der Waals surface area (Å²) in [5, 5.41) is 0. The molecule has 0 unspecified atom stereocenters. The SMILES string of the molecule is Cc1ccccc1CC(=O)Cc1c(C)cccc1C. The molecule has 1 heteroatoms. The molecular weight excluding hydrogens is 232 g/mol. The van der Waals surface area contributed by atoms with E-state index < -0.39 is 0 Å². The van der Waals surface area contributed by atoms with Crippen molar-refractivity contribution in [2.24, 2.45) is 0 Å². The molecule has 1 nitrogen and oxygen atoms in total. The third kappa shape index (κ3) is 3.31. The fraction of sp³-hybridized carbons (Fsp3) is 0.278. The van der Waals surface area contributed by atoms with E-state index in [1.807, 2.05) is 24.3 Å². The number of Topliss-reactive ketones (excluding diaryl/α,β-unsaturated/α-hetero) is 1. The van der Waals surface area contributed by atoms with Gasteiger partial charge < -0.3 is 0 Å². The van der Waals surface area contributed by atoms with Gasteiger partial charge in [-0.2, -0.15) is 0 Å². The highest BCUT2D eigenvalue weighted by atomic mass is 16.1. The minimum Gasteiger partial charge on any atom is -0.299 e. The lowest BCUT2D eigenvalue weighted by molar-refractivity contribution is -0.117. The molecule has 0 aliphatic rings. The average Bonchev–Trinajstić information content (AvgIpc) is 2.37. The number of aryl methyl sites for hydroxylation is 3. The van der Waals surface area contributed by atoms with E-state index in [2.05, 4.69) is 39.0 Å². The molecule has 0 radical (unpaired) electrons. The maximum Gasteiger partial charge on any atom is 0.141 e. The standard InChI is InChI=1S/C18H20O/c1-13-7-4-5-10-16(13)11-17(19)12-18-14(2)8-6-9-15(18)3/h4-10H,11-12H2,1-3H3. The normalized spacial score (nSPS) is 10.5. The number of benzene rings is 2. The van der Waals surface area contributed by atoms with Crippen LogP contribution in [-0.4, -0.2) is 5.78 Å². The number of carbonyl (C=O) groups is 1. The second-order valence-corrected chi connectivity index (χ2v) is 5.19. The van der Waals surface area contributed by atoms with Gasteiger partial charge in [0, 0.05) is 12.8 Å². The molecule has 19 heavy (non-hydrogen) atoms. The first kappa shape index (κ1) is 13.5. The summed E-state index contributed by atoms with van der Waals surface area (Å²) >= 11 is 0. The highest BCUT2D eigenvalue weighted by molar-refractivity contribution is 5.84. The molecule has 0 bridgehead atoms. The summed E-state index contributed by atoms with van der Waals surface area (Å²) in [7, 11) is 0. The van der Waals surface area contributed by atoms with Gasteiger partial charge in [0.05, 0.1) is 0 Å². The Bertz CT molecular complexity index is 576. The molecule has 0 aromatic heterocycles. The zero-order valence-electron chi connectivity index (χ0n) is 11.9. The summed E-state index contributed by atoms with van der Waals surface area (Å²) in [6.07, 6.45) is 1.06. The maximum absolute atomic E-state index is 12.2. The topological polar surface area (TPSA) is 17.1 Å². The van der Waals surface area contributed by atoms with E-state index in [-0.39, 0.29) is 5.78 Å². The Morgan fingerprint density at radius 3 is 2.00 bits per heavy atom. The van der Waals surface area contributed by atoms with Crippen LogP contribution in [0.2, 0.25) is 0 Å². The van der Waals surface area contributed by atoms with Crippen LogP contribution in [0, 0.1) is 20.8 Å². The maximum atomic E-state index is 12.2. The van der Waals surface area contributed by atoms with Gasteiger partial charge in [-0.15, -0.1) is 0 Å². The Hall–Kier alpha value is -1.89. The van der Waals surface area contributed by atoms with Gasteiger partial charge >= 0.3 is 0 Å². The quantitative estimate of drug-likeness (QED) is 0.804. The summed E-state index contributed by atoms with van der Waals surface area (Å²) < 4.78 is 0. The van der Waals surface area contributed by atoms with Crippen molar-refractivity contribution in [2.45, 2.75) is 33.6 Å². The summed E-state index contributed by atoms with van der Waals surface area (Å²) in [6.45, 7) is 6.20. The molecule has 0 N–H and O–H groups in total. The van der Waals surface area contributed by atoms with Crippen LogP contribution in [0.5, 0.6) is 0 Å². The third-order valence-corrected chi connectivity index (χ3v) is 3.67. The lowest BCUT2D eigenvalue weighted by Crippen LogP contribution is -2.09. The van der Waals surface area contributed by atoms with Crippen LogP contribution >= 0.6 is 0 Å². The fourth-order valence-corrected chi connectivity index (χ4v) is 2.41. The summed E-state index contributed by atoms with van der Waals surface area (Å²) in [5.41, 5.74) is 5.92. The van der Waals surface area contributed by atoms with Gasteiger partial charge in [0.1, 0.15) is 5.78 Å². The van der Waals surface area contributed by atoms with Crippen molar-refractivity contribution in [3.05, 3.63) is 70.3 Å². The molecule has 0 atom stereocenters. The molecule has 0 saturated heterocycles. The van der Waals surface area contributed by atoms with E-state index in [0.29, 0.717) is 12.8 Å².